The molecule has 2 aromatic rings. The molecule has 4 heteroatoms. The van der Waals surface area contributed by atoms with Gasteiger partial charge in [-0.2, -0.15) is 0 Å². The first-order chi connectivity index (χ1) is 9.51. The van der Waals surface area contributed by atoms with Crippen molar-refractivity contribution in [2.75, 3.05) is 13.7 Å². The summed E-state index contributed by atoms with van der Waals surface area (Å²) < 4.78 is 6.93. The van der Waals surface area contributed by atoms with Crippen molar-refractivity contribution < 1.29 is 4.74 Å². The maximum absolute atomic E-state index is 5.77. The number of fused-ring (bicyclic) bond motifs is 1. The highest BCUT2D eigenvalue weighted by Gasteiger charge is 2.32. The van der Waals surface area contributed by atoms with Crippen molar-refractivity contribution >= 4 is 27.3 Å². The smallest absolute Gasteiger partial charge is 0.123 e. The number of hydrogen-bond donors (Lipinski definition) is 1. The molecule has 20 heavy (non-hydrogen) atoms. The number of ether oxygens (including phenoxy) is 1. The van der Waals surface area contributed by atoms with E-state index < -0.39 is 0 Å². The molecule has 106 valence electrons. The monoisotopic (exact) mass is 351 g/mol. The second kappa shape index (κ2) is 5.17. The Morgan fingerprint density at radius 3 is 2.75 bits per heavy atom. The molecule has 0 radical (unpaired) electrons. The van der Waals surface area contributed by atoms with Gasteiger partial charge >= 0.3 is 0 Å². The molecule has 0 saturated heterocycles. The maximum atomic E-state index is 5.77. The van der Waals surface area contributed by atoms with Crippen molar-refractivity contribution in [3.05, 3.63) is 50.1 Å². The highest BCUT2D eigenvalue weighted by molar-refractivity contribution is 9.11. The first kappa shape index (κ1) is 14.1. The van der Waals surface area contributed by atoms with Crippen LogP contribution < -0.4 is 10.1 Å². The molecule has 2 heterocycles. The third kappa shape index (κ3) is 2.41. The zero-order valence-corrected chi connectivity index (χ0v) is 14.3. The molecule has 1 unspecified atom stereocenters. The molecule has 0 spiro atoms. The van der Waals surface area contributed by atoms with E-state index in [0.29, 0.717) is 0 Å². The minimum absolute atomic E-state index is 0.0961. The van der Waals surface area contributed by atoms with Crippen LogP contribution in [0.2, 0.25) is 0 Å². The van der Waals surface area contributed by atoms with Gasteiger partial charge in [0.15, 0.2) is 0 Å². The molecule has 1 aliphatic rings. The molecule has 1 aromatic carbocycles. The van der Waals surface area contributed by atoms with Gasteiger partial charge in [-0.3, -0.25) is 0 Å². The van der Waals surface area contributed by atoms with Crippen molar-refractivity contribution in [3.8, 4) is 5.75 Å². The molecule has 0 fully saturated rings. The van der Waals surface area contributed by atoms with Gasteiger partial charge in [-0.15, -0.1) is 11.3 Å². The first-order valence-corrected chi connectivity index (χ1v) is 8.37. The van der Waals surface area contributed by atoms with Gasteiger partial charge in [0.2, 0.25) is 0 Å². The standard InChI is InChI=1S/C16H18BrNOS/c1-16(2)9-19-13-5-4-10(6-12(13)16)15(18-3)11-7-14(17)20-8-11/h4-8,15,18H,9H2,1-3H3. The van der Waals surface area contributed by atoms with E-state index in [1.165, 1.54) is 16.7 Å². The van der Waals surface area contributed by atoms with Crippen LogP contribution in [-0.2, 0) is 5.41 Å². The molecule has 1 N–H and O–H groups in total. The van der Waals surface area contributed by atoms with E-state index in [9.17, 15) is 0 Å². The second-order valence-corrected chi connectivity index (χ2v) is 8.12. The lowest BCUT2D eigenvalue weighted by atomic mass is 9.85. The van der Waals surface area contributed by atoms with Crippen molar-refractivity contribution in [1.29, 1.82) is 0 Å². The van der Waals surface area contributed by atoms with Crippen LogP contribution in [-0.4, -0.2) is 13.7 Å². The van der Waals surface area contributed by atoms with Gasteiger partial charge in [-0.1, -0.05) is 19.9 Å². The number of hydrogen-bond acceptors (Lipinski definition) is 3. The van der Waals surface area contributed by atoms with Crippen LogP contribution in [0.1, 0.15) is 36.6 Å². The normalized spacial score (nSPS) is 17.6. The summed E-state index contributed by atoms with van der Waals surface area (Å²) in [6, 6.07) is 8.95. The summed E-state index contributed by atoms with van der Waals surface area (Å²) in [6.45, 7) is 5.23. The molecule has 0 aliphatic carbocycles. The maximum Gasteiger partial charge on any atom is 0.123 e. The van der Waals surface area contributed by atoms with Gasteiger partial charge < -0.3 is 10.1 Å². The van der Waals surface area contributed by atoms with Crippen LogP contribution in [0.25, 0.3) is 0 Å². The highest BCUT2D eigenvalue weighted by atomic mass is 79.9. The number of benzene rings is 1. The topological polar surface area (TPSA) is 21.3 Å². The summed E-state index contributed by atoms with van der Waals surface area (Å²) in [5.74, 6) is 1.03. The van der Waals surface area contributed by atoms with Gasteiger partial charge in [0.25, 0.3) is 0 Å². The third-order valence-corrected chi connectivity index (χ3v) is 5.39. The summed E-state index contributed by atoms with van der Waals surface area (Å²) in [5.41, 5.74) is 3.99. The van der Waals surface area contributed by atoms with Gasteiger partial charge in [0.1, 0.15) is 5.75 Å². The Labute approximate surface area is 132 Å². The van der Waals surface area contributed by atoms with E-state index in [-0.39, 0.29) is 11.5 Å². The Hall–Kier alpha value is -0.840. The predicted molar refractivity (Wildman–Crippen MR) is 87.9 cm³/mol. The number of nitrogens with one attached hydrogen (secondary N) is 1. The van der Waals surface area contributed by atoms with Crippen LogP contribution >= 0.6 is 27.3 Å². The zero-order valence-electron chi connectivity index (χ0n) is 11.9. The Balaban J connectivity index is 2.02. The molecule has 1 aromatic heterocycles. The minimum Gasteiger partial charge on any atom is -0.492 e. The largest absolute Gasteiger partial charge is 0.492 e. The highest BCUT2D eigenvalue weighted by Crippen LogP contribution is 2.40. The Bertz CT molecular complexity index is 635. The lowest BCUT2D eigenvalue weighted by Crippen LogP contribution is -2.20. The average Bonchev–Trinajstić information content (AvgIpc) is 2.96. The number of rotatable bonds is 3. The second-order valence-electron chi connectivity index (χ2n) is 5.83. The van der Waals surface area contributed by atoms with Crippen LogP contribution in [0, 0.1) is 0 Å². The minimum atomic E-state index is 0.0961. The van der Waals surface area contributed by atoms with Crippen LogP contribution in [0.15, 0.2) is 33.4 Å². The molecule has 2 nitrogen and oxygen atoms in total. The summed E-state index contributed by atoms with van der Waals surface area (Å²) >= 11 is 5.26. The fourth-order valence-electron chi connectivity index (χ4n) is 2.72. The summed E-state index contributed by atoms with van der Waals surface area (Å²) in [6.07, 6.45) is 0. The molecule has 1 atom stereocenters. The third-order valence-electron chi connectivity index (χ3n) is 3.86. The van der Waals surface area contributed by atoms with E-state index in [4.69, 9.17) is 4.74 Å². The Kier molecular flexibility index (Phi) is 3.65. The zero-order chi connectivity index (χ0) is 14.3. The fraction of sp³-hybridized carbons (Fsp3) is 0.375. The van der Waals surface area contributed by atoms with Crippen molar-refractivity contribution in [1.82, 2.24) is 5.32 Å². The van der Waals surface area contributed by atoms with Crippen LogP contribution in [0.4, 0.5) is 0 Å². The van der Waals surface area contributed by atoms with E-state index >= 15 is 0 Å². The van der Waals surface area contributed by atoms with Crippen LogP contribution in [0.5, 0.6) is 5.75 Å². The number of thiophene rings is 1. The summed E-state index contributed by atoms with van der Waals surface area (Å²) in [5, 5.41) is 5.61. The lowest BCUT2D eigenvalue weighted by molar-refractivity contribution is 0.291. The Morgan fingerprint density at radius 2 is 2.10 bits per heavy atom. The van der Waals surface area contributed by atoms with Crippen molar-refractivity contribution in [2.24, 2.45) is 0 Å². The van der Waals surface area contributed by atoms with Gasteiger partial charge in [-0.25, -0.2) is 0 Å². The predicted octanol–water partition coefficient (Wildman–Crippen LogP) is 4.49. The van der Waals surface area contributed by atoms with Crippen LogP contribution in [0.3, 0.4) is 0 Å². The quantitative estimate of drug-likeness (QED) is 0.879. The Morgan fingerprint density at radius 1 is 1.30 bits per heavy atom. The van der Waals surface area contributed by atoms with E-state index in [1.54, 1.807) is 11.3 Å². The molecule has 0 bridgehead atoms. The summed E-state index contributed by atoms with van der Waals surface area (Å²) in [7, 11) is 2.01. The fourth-order valence-corrected chi connectivity index (χ4v) is 3.92. The molecule has 0 amide bonds. The summed E-state index contributed by atoms with van der Waals surface area (Å²) in [4.78, 5) is 0. The lowest BCUT2D eigenvalue weighted by Gasteiger charge is -2.19. The molecule has 1 aliphatic heterocycles. The molecular weight excluding hydrogens is 334 g/mol. The molecule has 0 saturated carbocycles. The average molecular weight is 352 g/mol. The molecule has 3 rings (SSSR count). The first-order valence-electron chi connectivity index (χ1n) is 6.70. The van der Waals surface area contributed by atoms with Gasteiger partial charge in [0.05, 0.1) is 16.4 Å². The molecular formula is C16H18BrNOS. The van der Waals surface area contributed by atoms with Gasteiger partial charge in [-0.05, 0) is 57.7 Å². The van der Waals surface area contributed by atoms with Gasteiger partial charge in [0, 0.05) is 11.0 Å². The SMILES string of the molecule is CNC(c1csc(Br)c1)c1ccc2c(c1)C(C)(C)CO2. The van der Waals surface area contributed by atoms with E-state index in [2.05, 4.69) is 64.7 Å². The number of halogens is 1. The van der Waals surface area contributed by atoms with E-state index in [0.717, 1.165) is 16.1 Å². The van der Waals surface area contributed by atoms with Crippen molar-refractivity contribution in [2.45, 2.75) is 25.3 Å². The van der Waals surface area contributed by atoms with Crippen molar-refractivity contribution in [3.63, 3.8) is 0 Å². The van der Waals surface area contributed by atoms with E-state index in [1.807, 2.05) is 7.05 Å².